The van der Waals surface area contributed by atoms with Gasteiger partial charge in [-0.05, 0) is 30.3 Å². The Hall–Kier alpha value is -2.46. The van der Waals surface area contributed by atoms with E-state index in [1.807, 2.05) is 6.07 Å². The fourth-order valence-corrected chi connectivity index (χ4v) is 2.49. The van der Waals surface area contributed by atoms with E-state index in [2.05, 4.69) is 4.98 Å². The number of ether oxygens (including phenoxy) is 1. The highest BCUT2D eigenvalue weighted by Crippen LogP contribution is 2.28. The minimum atomic E-state index is -0.139. The van der Waals surface area contributed by atoms with Crippen LogP contribution in [0.1, 0.15) is 15.9 Å². The van der Waals surface area contributed by atoms with Crippen LogP contribution in [0.3, 0.4) is 0 Å². The second-order valence-electron chi connectivity index (χ2n) is 4.68. The van der Waals surface area contributed by atoms with Gasteiger partial charge in [0, 0.05) is 39.4 Å². The molecule has 106 valence electrons. The van der Waals surface area contributed by atoms with E-state index in [0.717, 1.165) is 10.9 Å². The van der Waals surface area contributed by atoms with Crippen molar-refractivity contribution in [3.63, 3.8) is 0 Å². The number of aromatic nitrogens is 1. The van der Waals surface area contributed by atoms with Gasteiger partial charge in [-0.1, -0.05) is 11.6 Å². The zero-order chi connectivity index (χ0) is 15.0. The standard InChI is InChI=1S/C16H13ClN2O2/c1-21-15-7-10(18)3-4-11(15)16(20)13-8-19-14-5-2-9(17)6-12(13)14/h2-8,19H,18H2,1H3. The molecule has 0 aliphatic heterocycles. The third-order valence-electron chi connectivity index (χ3n) is 3.36. The maximum Gasteiger partial charge on any atom is 0.198 e. The van der Waals surface area contributed by atoms with Gasteiger partial charge in [0.05, 0.1) is 12.7 Å². The summed E-state index contributed by atoms with van der Waals surface area (Å²) in [7, 11) is 1.51. The maximum absolute atomic E-state index is 12.7. The lowest BCUT2D eigenvalue weighted by molar-refractivity contribution is 0.103. The highest BCUT2D eigenvalue weighted by molar-refractivity contribution is 6.31. The molecule has 0 saturated heterocycles. The van der Waals surface area contributed by atoms with Crippen molar-refractivity contribution >= 4 is 34.0 Å². The Morgan fingerprint density at radius 3 is 2.76 bits per heavy atom. The van der Waals surface area contributed by atoms with Crippen LogP contribution in [-0.4, -0.2) is 17.9 Å². The van der Waals surface area contributed by atoms with Crippen LogP contribution < -0.4 is 10.5 Å². The molecule has 3 aromatic rings. The van der Waals surface area contributed by atoms with Crippen LogP contribution >= 0.6 is 11.6 Å². The van der Waals surface area contributed by atoms with Crippen molar-refractivity contribution < 1.29 is 9.53 Å². The summed E-state index contributed by atoms with van der Waals surface area (Å²) in [6.07, 6.45) is 1.68. The zero-order valence-electron chi connectivity index (χ0n) is 11.3. The predicted octanol–water partition coefficient (Wildman–Crippen LogP) is 3.64. The van der Waals surface area contributed by atoms with Gasteiger partial charge in [0.15, 0.2) is 5.78 Å². The Morgan fingerprint density at radius 1 is 1.19 bits per heavy atom. The number of hydrogen-bond donors (Lipinski definition) is 2. The summed E-state index contributed by atoms with van der Waals surface area (Å²) in [4.78, 5) is 15.8. The number of rotatable bonds is 3. The third-order valence-corrected chi connectivity index (χ3v) is 3.59. The summed E-state index contributed by atoms with van der Waals surface area (Å²) in [6, 6.07) is 10.4. The minimum absolute atomic E-state index is 0.139. The summed E-state index contributed by atoms with van der Waals surface area (Å²) < 4.78 is 5.24. The molecule has 2 aromatic carbocycles. The van der Waals surface area contributed by atoms with Gasteiger partial charge in [-0.15, -0.1) is 0 Å². The van der Waals surface area contributed by atoms with Gasteiger partial charge in [0.1, 0.15) is 5.75 Å². The van der Waals surface area contributed by atoms with E-state index in [9.17, 15) is 4.79 Å². The van der Waals surface area contributed by atoms with Crippen LogP contribution in [-0.2, 0) is 0 Å². The Kier molecular flexibility index (Phi) is 3.31. The van der Waals surface area contributed by atoms with Crippen molar-refractivity contribution in [2.45, 2.75) is 0 Å². The van der Waals surface area contributed by atoms with Crippen molar-refractivity contribution in [1.29, 1.82) is 0 Å². The number of nitrogen functional groups attached to an aromatic ring is 1. The molecule has 1 heterocycles. The number of anilines is 1. The maximum atomic E-state index is 12.7. The largest absolute Gasteiger partial charge is 0.496 e. The van der Waals surface area contributed by atoms with Crippen LogP contribution in [0.5, 0.6) is 5.75 Å². The molecule has 5 heteroatoms. The molecule has 0 amide bonds. The number of nitrogens with two attached hydrogens (primary N) is 1. The van der Waals surface area contributed by atoms with Gasteiger partial charge < -0.3 is 15.5 Å². The molecular weight excluding hydrogens is 288 g/mol. The summed E-state index contributed by atoms with van der Waals surface area (Å²) in [5.74, 6) is 0.316. The van der Waals surface area contributed by atoms with Crippen LogP contribution in [0.4, 0.5) is 5.69 Å². The normalized spacial score (nSPS) is 10.8. The first-order valence-corrected chi connectivity index (χ1v) is 6.73. The Balaban J connectivity index is 2.15. The van der Waals surface area contributed by atoms with Crippen LogP contribution in [0.15, 0.2) is 42.6 Å². The minimum Gasteiger partial charge on any atom is -0.496 e. The van der Waals surface area contributed by atoms with E-state index in [1.54, 1.807) is 36.5 Å². The number of nitrogens with one attached hydrogen (secondary N) is 1. The monoisotopic (exact) mass is 300 g/mol. The average molecular weight is 301 g/mol. The molecule has 0 bridgehead atoms. The molecule has 0 saturated carbocycles. The first kappa shape index (κ1) is 13.5. The molecule has 0 spiro atoms. The van der Waals surface area contributed by atoms with E-state index in [0.29, 0.717) is 27.6 Å². The molecule has 0 radical (unpaired) electrons. The van der Waals surface area contributed by atoms with Gasteiger partial charge in [0.25, 0.3) is 0 Å². The fraction of sp³-hybridized carbons (Fsp3) is 0.0625. The summed E-state index contributed by atoms with van der Waals surface area (Å²) >= 11 is 6.01. The van der Waals surface area contributed by atoms with E-state index < -0.39 is 0 Å². The first-order valence-electron chi connectivity index (χ1n) is 6.35. The number of hydrogen-bond acceptors (Lipinski definition) is 3. The Morgan fingerprint density at radius 2 is 2.00 bits per heavy atom. The summed E-state index contributed by atoms with van der Waals surface area (Å²) in [5.41, 5.74) is 8.14. The molecular formula is C16H13ClN2O2. The lowest BCUT2D eigenvalue weighted by Crippen LogP contribution is -2.04. The van der Waals surface area contributed by atoms with Crippen LogP contribution in [0.2, 0.25) is 5.02 Å². The number of ketones is 1. The number of carbonyl (C=O) groups excluding carboxylic acids is 1. The second-order valence-corrected chi connectivity index (χ2v) is 5.12. The SMILES string of the molecule is COc1cc(N)ccc1C(=O)c1c[nH]c2ccc(Cl)cc12. The molecule has 0 fully saturated rings. The smallest absolute Gasteiger partial charge is 0.198 e. The van der Waals surface area contributed by atoms with E-state index >= 15 is 0 Å². The third kappa shape index (κ3) is 2.34. The highest BCUT2D eigenvalue weighted by atomic mass is 35.5. The topological polar surface area (TPSA) is 68.1 Å². The molecule has 3 rings (SSSR count). The average Bonchev–Trinajstić information content (AvgIpc) is 2.89. The van der Waals surface area contributed by atoms with Crippen molar-refractivity contribution in [1.82, 2.24) is 4.98 Å². The predicted molar refractivity (Wildman–Crippen MR) is 84.1 cm³/mol. The lowest BCUT2D eigenvalue weighted by atomic mass is 10.0. The van der Waals surface area contributed by atoms with E-state index in [4.69, 9.17) is 22.1 Å². The molecule has 0 aliphatic carbocycles. The molecule has 21 heavy (non-hydrogen) atoms. The zero-order valence-corrected chi connectivity index (χ0v) is 12.1. The number of halogens is 1. The van der Waals surface area contributed by atoms with E-state index in [1.165, 1.54) is 7.11 Å². The number of aromatic amines is 1. The molecule has 3 N–H and O–H groups in total. The summed E-state index contributed by atoms with van der Waals surface area (Å²) in [5, 5.41) is 1.37. The van der Waals surface area contributed by atoms with Crippen LogP contribution in [0, 0.1) is 0 Å². The molecule has 0 unspecified atom stereocenters. The van der Waals surface area contributed by atoms with Crippen molar-refractivity contribution in [2.24, 2.45) is 0 Å². The molecule has 0 atom stereocenters. The summed E-state index contributed by atoms with van der Waals surface area (Å²) in [6.45, 7) is 0. The van der Waals surface area contributed by atoms with Gasteiger partial charge in [-0.2, -0.15) is 0 Å². The lowest BCUT2D eigenvalue weighted by Gasteiger charge is -2.08. The van der Waals surface area contributed by atoms with Crippen LogP contribution in [0.25, 0.3) is 10.9 Å². The number of H-pyrrole nitrogens is 1. The second kappa shape index (κ2) is 5.14. The van der Waals surface area contributed by atoms with Gasteiger partial charge in [-0.3, -0.25) is 4.79 Å². The van der Waals surface area contributed by atoms with E-state index in [-0.39, 0.29) is 5.78 Å². The Bertz CT molecular complexity index is 839. The fourth-order valence-electron chi connectivity index (χ4n) is 2.32. The molecule has 1 aromatic heterocycles. The van der Waals surface area contributed by atoms with Gasteiger partial charge >= 0.3 is 0 Å². The van der Waals surface area contributed by atoms with Crippen molar-refractivity contribution in [2.75, 3.05) is 12.8 Å². The number of carbonyl (C=O) groups is 1. The van der Waals surface area contributed by atoms with Crippen molar-refractivity contribution in [3.8, 4) is 5.75 Å². The number of methoxy groups -OCH3 is 1. The van der Waals surface area contributed by atoms with Crippen molar-refractivity contribution in [3.05, 3.63) is 58.7 Å². The molecule has 4 nitrogen and oxygen atoms in total. The Labute approximate surface area is 126 Å². The first-order chi connectivity index (χ1) is 10.1. The number of benzene rings is 2. The number of fused-ring (bicyclic) bond motifs is 1. The highest BCUT2D eigenvalue weighted by Gasteiger charge is 2.18. The van der Waals surface area contributed by atoms with Gasteiger partial charge in [-0.25, -0.2) is 0 Å². The van der Waals surface area contributed by atoms with Gasteiger partial charge in [0.2, 0.25) is 0 Å². The quantitative estimate of drug-likeness (QED) is 0.573. The molecule has 0 aliphatic rings.